The highest BCUT2D eigenvalue weighted by atomic mass is 79.9. The molecule has 0 bridgehead atoms. The van der Waals surface area contributed by atoms with E-state index < -0.39 is 34.5 Å². The van der Waals surface area contributed by atoms with Crippen LogP contribution in [0, 0.1) is 5.82 Å². The van der Waals surface area contributed by atoms with Crippen molar-refractivity contribution in [3.05, 3.63) is 34.6 Å². The molecule has 0 heterocycles. The molecular formula is C10H5BrF4O2. The molecule has 0 aromatic heterocycles. The van der Waals surface area contributed by atoms with E-state index >= 15 is 0 Å². The fourth-order valence-corrected chi connectivity index (χ4v) is 1.52. The lowest BCUT2D eigenvalue weighted by Crippen LogP contribution is -2.15. The van der Waals surface area contributed by atoms with Gasteiger partial charge < -0.3 is 0 Å². The fraction of sp³-hybridized carbons (Fsp3) is 0.200. The van der Waals surface area contributed by atoms with Crippen molar-refractivity contribution in [3.8, 4) is 0 Å². The van der Waals surface area contributed by atoms with Crippen LogP contribution in [-0.2, 0) is 6.18 Å². The van der Waals surface area contributed by atoms with Crippen molar-refractivity contribution < 1.29 is 27.2 Å². The van der Waals surface area contributed by atoms with Crippen molar-refractivity contribution in [1.29, 1.82) is 0 Å². The van der Waals surface area contributed by atoms with E-state index in [1.165, 1.54) is 0 Å². The smallest absolute Gasteiger partial charge is 0.298 e. The first kappa shape index (κ1) is 13.8. The molecule has 0 N–H and O–H groups in total. The third-order valence-electron chi connectivity index (χ3n) is 1.99. The molecule has 0 saturated heterocycles. The number of halogens is 5. The summed E-state index contributed by atoms with van der Waals surface area (Å²) in [5.74, 6) is -2.06. The standard InChI is InChI=1S/C10H5BrF4O2/c11-3-9(17)6-2-8(12)5(4-16)1-7(6)10(13,14)15/h1-2,4H,3H2. The second kappa shape index (κ2) is 4.95. The van der Waals surface area contributed by atoms with Gasteiger partial charge in [0.05, 0.1) is 16.5 Å². The van der Waals surface area contributed by atoms with Gasteiger partial charge in [0.1, 0.15) is 5.82 Å². The molecule has 0 spiro atoms. The van der Waals surface area contributed by atoms with Gasteiger partial charge in [-0.3, -0.25) is 9.59 Å². The van der Waals surface area contributed by atoms with Crippen molar-refractivity contribution in [2.24, 2.45) is 0 Å². The van der Waals surface area contributed by atoms with E-state index in [4.69, 9.17) is 0 Å². The summed E-state index contributed by atoms with van der Waals surface area (Å²) in [6, 6.07) is 0.758. The third kappa shape index (κ3) is 2.91. The number of rotatable bonds is 3. The summed E-state index contributed by atoms with van der Waals surface area (Å²) in [5.41, 5.74) is -2.84. The fourth-order valence-electron chi connectivity index (χ4n) is 1.22. The number of ketones is 1. The minimum Gasteiger partial charge on any atom is -0.298 e. The van der Waals surface area contributed by atoms with Crippen molar-refractivity contribution in [2.75, 3.05) is 5.33 Å². The van der Waals surface area contributed by atoms with Crippen molar-refractivity contribution in [3.63, 3.8) is 0 Å². The Morgan fingerprint density at radius 2 is 1.94 bits per heavy atom. The zero-order chi connectivity index (χ0) is 13.2. The van der Waals surface area contributed by atoms with Crippen LogP contribution < -0.4 is 0 Å². The van der Waals surface area contributed by atoms with Crippen LogP contribution in [0.5, 0.6) is 0 Å². The van der Waals surface area contributed by atoms with E-state index in [0.29, 0.717) is 12.1 Å². The monoisotopic (exact) mass is 312 g/mol. The summed E-state index contributed by atoms with van der Waals surface area (Å²) in [6.07, 6.45) is -4.86. The van der Waals surface area contributed by atoms with Gasteiger partial charge in [-0.15, -0.1) is 0 Å². The average molecular weight is 313 g/mol. The number of carbonyl (C=O) groups excluding carboxylic acids is 2. The van der Waals surface area contributed by atoms with E-state index in [1.54, 1.807) is 0 Å². The highest BCUT2D eigenvalue weighted by molar-refractivity contribution is 9.09. The highest BCUT2D eigenvalue weighted by Gasteiger charge is 2.36. The second-order valence-corrected chi connectivity index (χ2v) is 3.65. The topological polar surface area (TPSA) is 34.1 Å². The molecule has 2 nitrogen and oxygen atoms in total. The molecule has 1 aromatic carbocycles. The molecule has 1 rings (SSSR count). The number of Topliss-reactive ketones (excluding diaryl/α,β-unsaturated/α-hetero) is 1. The minimum absolute atomic E-state index is 0.0348. The Hall–Kier alpha value is -1.24. The first-order valence-electron chi connectivity index (χ1n) is 4.26. The first-order chi connectivity index (χ1) is 7.81. The highest BCUT2D eigenvalue weighted by Crippen LogP contribution is 2.33. The Kier molecular flexibility index (Phi) is 4.03. The molecule has 0 radical (unpaired) electrons. The minimum atomic E-state index is -4.82. The molecule has 0 unspecified atom stereocenters. The van der Waals surface area contributed by atoms with Gasteiger partial charge in [-0.2, -0.15) is 13.2 Å². The van der Waals surface area contributed by atoms with E-state index in [9.17, 15) is 27.2 Å². The molecule has 0 aliphatic carbocycles. The SMILES string of the molecule is O=Cc1cc(C(F)(F)F)c(C(=O)CBr)cc1F. The Balaban J connectivity index is 3.52. The van der Waals surface area contributed by atoms with Gasteiger partial charge in [0.15, 0.2) is 12.1 Å². The second-order valence-electron chi connectivity index (χ2n) is 3.09. The van der Waals surface area contributed by atoms with E-state index in [0.717, 1.165) is 0 Å². The molecular weight excluding hydrogens is 308 g/mol. The lowest BCUT2D eigenvalue weighted by Gasteiger charge is -2.12. The number of alkyl halides is 4. The maximum atomic E-state index is 13.1. The van der Waals surface area contributed by atoms with Crippen LogP contribution in [0.1, 0.15) is 26.3 Å². The van der Waals surface area contributed by atoms with E-state index in [-0.39, 0.29) is 11.6 Å². The Labute approximate surface area is 102 Å². The molecule has 1 aromatic rings. The van der Waals surface area contributed by atoms with Crippen LogP contribution in [-0.4, -0.2) is 17.4 Å². The molecule has 0 aliphatic rings. The number of hydrogen-bond acceptors (Lipinski definition) is 2. The number of aldehydes is 1. The molecule has 0 amide bonds. The van der Waals surface area contributed by atoms with Gasteiger partial charge >= 0.3 is 6.18 Å². The lowest BCUT2D eigenvalue weighted by molar-refractivity contribution is -0.137. The number of hydrogen-bond donors (Lipinski definition) is 0. The quantitative estimate of drug-likeness (QED) is 0.372. The van der Waals surface area contributed by atoms with E-state index in [1.807, 2.05) is 0 Å². The number of benzene rings is 1. The van der Waals surface area contributed by atoms with Crippen LogP contribution in [0.2, 0.25) is 0 Å². The Bertz CT molecular complexity index is 468. The molecule has 0 saturated carbocycles. The maximum absolute atomic E-state index is 13.1. The summed E-state index contributed by atoms with van der Waals surface area (Å²) in [4.78, 5) is 21.6. The van der Waals surface area contributed by atoms with Crippen molar-refractivity contribution in [2.45, 2.75) is 6.18 Å². The Morgan fingerprint density at radius 1 is 1.35 bits per heavy atom. The van der Waals surface area contributed by atoms with Gasteiger partial charge in [0.2, 0.25) is 0 Å². The predicted molar refractivity (Wildman–Crippen MR) is 54.9 cm³/mol. The molecule has 17 heavy (non-hydrogen) atoms. The third-order valence-corrected chi connectivity index (χ3v) is 2.50. The summed E-state index contributed by atoms with van der Waals surface area (Å²) >= 11 is 2.70. The van der Waals surface area contributed by atoms with Crippen LogP contribution >= 0.6 is 15.9 Å². The molecule has 0 fully saturated rings. The van der Waals surface area contributed by atoms with Crippen LogP contribution in [0.15, 0.2) is 12.1 Å². The van der Waals surface area contributed by atoms with Gasteiger partial charge in [0, 0.05) is 5.56 Å². The van der Waals surface area contributed by atoms with Crippen molar-refractivity contribution >= 4 is 28.0 Å². The van der Waals surface area contributed by atoms with E-state index in [2.05, 4.69) is 15.9 Å². The zero-order valence-electron chi connectivity index (χ0n) is 8.15. The van der Waals surface area contributed by atoms with Crippen LogP contribution in [0.3, 0.4) is 0 Å². The molecule has 92 valence electrons. The first-order valence-corrected chi connectivity index (χ1v) is 5.38. The molecule has 0 atom stereocenters. The predicted octanol–water partition coefficient (Wildman–Crippen LogP) is 3.23. The van der Waals surface area contributed by atoms with Crippen LogP contribution in [0.25, 0.3) is 0 Å². The maximum Gasteiger partial charge on any atom is 0.417 e. The average Bonchev–Trinajstić information content (AvgIpc) is 2.26. The molecule has 7 heteroatoms. The largest absolute Gasteiger partial charge is 0.417 e. The number of carbonyl (C=O) groups is 2. The lowest BCUT2D eigenvalue weighted by atomic mass is 10.0. The summed E-state index contributed by atoms with van der Waals surface area (Å²) < 4.78 is 50.9. The molecule has 0 aliphatic heterocycles. The van der Waals surface area contributed by atoms with Gasteiger partial charge in [-0.05, 0) is 12.1 Å². The zero-order valence-corrected chi connectivity index (χ0v) is 9.73. The van der Waals surface area contributed by atoms with Gasteiger partial charge in [-0.25, -0.2) is 4.39 Å². The summed E-state index contributed by atoms with van der Waals surface area (Å²) in [5, 5.41) is -0.365. The van der Waals surface area contributed by atoms with Gasteiger partial charge in [0.25, 0.3) is 0 Å². The normalized spacial score (nSPS) is 11.4. The summed E-state index contributed by atoms with van der Waals surface area (Å²) in [7, 11) is 0. The summed E-state index contributed by atoms with van der Waals surface area (Å²) in [6.45, 7) is 0. The van der Waals surface area contributed by atoms with Crippen molar-refractivity contribution in [1.82, 2.24) is 0 Å². The Morgan fingerprint density at radius 3 is 2.35 bits per heavy atom. The van der Waals surface area contributed by atoms with Gasteiger partial charge in [-0.1, -0.05) is 15.9 Å². The van der Waals surface area contributed by atoms with Crippen LogP contribution in [0.4, 0.5) is 17.6 Å².